The Kier molecular flexibility index (Phi) is 2.83. The maximum Gasteiger partial charge on any atom is 0.233 e. The molecule has 1 aromatic rings. The second kappa shape index (κ2) is 4.14. The maximum atomic E-state index is 11.7. The molecule has 84 valence electrons. The van der Waals surface area contributed by atoms with Gasteiger partial charge in [-0.2, -0.15) is 0 Å². The number of nitrogens with zero attached hydrogens (tertiary/aromatic N) is 1. The van der Waals surface area contributed by atoms with Crippen molar-refractivity contribution >= 4 is 34.8 Å². The zero-order chi connectivity index (χ0) is 11.7. The molecule has 1 aliphatic heterocycles. The number of carbonyl (C=O) groups is 2. The van der Waals surface area contributed by atoms with E-state index in [0.29, 0.717) is 35.7 Å². The summed E-state index contributed by atoms with van der Waals surface area (Å²) in [5.74, 6) is -0.411. The molecule has 0 aliphatic carbocycles. The highest BCUT2D eigenvalue weighted by Gasteiger charge is 2.28. The van der Waals surface area contributed by atoms with Crippen LogP contribution in [0.1, 0.15) is 19.3 Å². The smallest absolute Gasteiger partial charge is 0.233 e. The highest BCUT2D eigenvalue weighted by atomic mass is 35.5. The minimum absolute atomic E-state index is 0.206. The second-order valence-electron chi connectivity index (χ2n) is 3.69. The molecule has 4 nitrogen and oxygen atoms in total. The molecule has 1 aliphatic rings. The first kappa shape index (κ1) is 11.0. The van der Waals surface area contributed by atoms with Crippen LogP contribution in [0, 0.1) is 0 Å². The Bertz CT molecular complexity index is 443. The Labute approximate surface area is 98.0 Å². The van der Waals surface area contributed by atoms with Gasteiger partial charge in [0.2, 0.25) is 11.8 Å². The van der Waals surface area contributed by atoms with E-state index in [1.807, 2.05) is 0 Å². The summed E-state index contributed by atoms with van der Waals surface area (Å²) >= 11 is 5.97. The van der Waals surface area contributed by atoms with E-state index in [1.165, 1.54) is 6.07 Å². The predicted molar refractivity (Wildman–Crippen MR) is 62.2 cm³/mol. The van der Waals surface area contributed by atoms with E-state index >= 15 is 0 Å². The SMILES string of the molecule is Nc1ccc(N2C(=O)CCCC2=O)c(Cl)c1. The fourth-order valence-corrected chi connectivity index (χ4v) is 2.00. The number of imide groups is 1. The highest BCUT2D eigenvalue weighted by Crippen LogP contribution is 2.30. The van der Waals surface area contributed by atoms with E-state index in [2.05, 4.69) is 0 Å². The molecule has 0 aromatic heterocycles. The van der Waals surface area contributed by atoms with Gasteiger partial charge in [-0.25, -0.2) is 4.90 Å². The summed E-state index contributed by atoms with van der Waals surface area (Å²) in [4.78, 5) is 24.5. The van der Waals surface area contributed by atoms with Crippen LogP contribution in [0.5, 0.6) is 0 Å². The van der Waals surface area contributed by atoms with Gasteiger partial charge >= 0.3 is 0 Å². The Morgan fingerprint density at radius 1 is 1.19 bits per heavy atom. The van der Waals surface area contributed by atoms with Crippen LogP contribution in [0.25, 0.3) is 0 Å². The zero-order valence-electron chi connectivity index (χ0n) is 8.57. The van der Waals surface area contributed by atoms with Crippen molar-refractivity contribution in [2.75, 3.05) is 10.6 Å². The number of hydrogen-bond acceptors (Lipinski definition) is 3. The van der Waals surface area contributed by atoms with Gasteiger partial charge in [-0.05, 0) is 24.6 Å². The van der Waals surface area contributed by atoms with Gasteiger partial charge in [0.1, 0.15) is 0 Å². The first-order valence-corrected chi connectivity index (χ1v) is 5.38. The molecule has 1 heterocycles. The molecule has 16 heavy (non-hydrogen) atoms. The maximum absolute atomic E-state index is 11.7. The van der Waals surface area contributed by atoms with Crippen LogP contribution in [0.4, 0.5) is 11.4 Å². The Morgan fingerprint density at radius 3 is 2.38 bits per heavy atom. The van der Waals surface area contributed by atoms with Crippen LogP contribution in [0.15, 0.2) is 18.2 Å². The summed E-state index contributed by atoms with van der Waals surface area (Å²) in [6.07, 6.45) is 1.37. The lowest BCUT2D eigenvalue weighted by Gasteiger charge is -2.25. The molecular weight excluding hydrogens is 228 g/mol. The molecule has 0 radical (unpaired) electrons. The largest absolute Gasteiger partial charge is 0.399 e. The number of benzene rings is 1. The number of amides is 2. The highest BCUT2D eigenvalue weighted by molar-refractivity contribution is 6.35. The van der Waals surface area contributed by atoms with E-state index in [4.69, 9.17) is 17.3 Å². The molecule has 1 saturated heterocycles. The summed E-state index contributed by atoms with van der Waals surface area (Å²) in [6.45, 7) is 0. The van der Waals surface area contributed by atoms with Crippen molar-refractivity contribution in [3.63, 3.8) is 0 Å². The van der Waals surface area contributed by atoms with E-state index in [0.717, 1.165) is 4.90 Å². The summed E-state index contributed by atoms with van der Waals surface area (Å²) in [5, 5.41) is 0.323. The number of nitrogen functional groups attached to an aromatic ring is 1. The van der Waals surface area contributed by atoms with Gasteiger partial charge < -0.3 is 5.73 Å². The Hall–Kier alpha value is -1.55. The van der Waals surface area contributed by atoms with Crippen LogP contribution in [0.3, 0.4) is 0 Å². The standard InChI is InChI=1S/C11H11ClN2O2/c12-8-6-7(13)4-5-9(8)14-10(15)2-1-3-11(14)16/h4-6H,1-3,13H2. The lowest BCUT2D eigenvalue weighted by molar-refractivity contribution is -0.129. The van der Waals surface area contributed by atoms with Gasteiger partial charge in [0.25, 0.3) is 0 Å². The summed E-state index contributed by atoms with van der Waals surface area (Å²) in [7, 11) is 0. The fraction of sp³-hybridized carbons (Fsp3) is 0.273. The van der Waals surface area contributed by atoms with Crippen molar-refractivity contribution in [3.05, 3.63) is 23.2 Å². The van der Waals surface area contributed by atoms with Crippen molar-refractivity contribution in [1.82, 2.24) is 0 Å². The molecule has 2 amide bonds. The van der Waals surface area contributed by atoms with Crippen LogP contribution in [0.2, 0.25) is 5.02 Å². The Morgan fingerprint density at radius 2 is 1.81 bits per heavy atom. The van der Waals surface area contributed by atoms with Crippen molar-refractivity contribution in [3.8, 4) is 0 Å². The molecule has 0 atom stereocenters. The normalized spacial score (nSPS) is 16.7. The molecule has 1 aromatic carbocycles. The van der Waals surface area contributed by atoms with E-state index in [-0.39, 0.29) is 11.8 Å². The first-order chi connectivity index (χ1) is 7.59. The number of carbonyl (C=O) groups excluding carboxylic acids is 2. The lowest BCUT2D eigenvalue weighted by atomic mass is 10.1. The molecule has 0 saturated carbocycles. The van der Waals surface area contributed by atoms with Gasteiger partial charge in [-0.15, -0.1) is 0 Å². The molecular formula is C11H11ClN2O2. The molecule has 0 unspecified atom stereocenters. The van der Waals surface area contributed by atoms with Crippen LogP contribution in [-0.2, 0) is 9.59 Å². The van der Waals surface area contributed by atoms with Gasteiger partial charge in [0.15, 0.2) is 0 Å². The quantitative estimate of drug-likeness (QED) is 0.601. The van der Waals surface area contributed by atoms with Crippen LogP contribution in [-0.4, -0.2) is 11.8 Å². The third-order valence-corrected chi connectivity index (χ3v) is 2.80. The van der Waals surface area contributed by atoms with Crippen molar-refractivity contribution in [2.24, 2.45) is 0 Å². The molecule has 0 bridgehead atoms. The average molecular weight is 239 g/mol. The van der Waals surface area contributed by atoms with Gasteiger partial charge in [-0.1, -0.05) is 11.6 Å². The topological polar surface area (TPSA) is 63.4 Å². The van der Waals surface area contributed by atoms with Gasteiger partial charge in [-0.3, -0.25) is 9.59 Å². The predicted octanol–water partition coefficient (Wildman–Crippen LogP) is 1.97. The first-order valence-electron chi connectivity index (χ1n) is 5.00. The van der Waals surface area contributed by atoms with Crippen molar-refractivity contribution in [2.45, 2.75) is 19.3 Å². The number of rotatable bonds is 1. The molecule has 2 rings (SSSR count). The van der Waals surface area contributed by atoms with E-state index in [9.17, 15) is 9.59 Å². The minimum Gasteiger partial charge on any atom is -0.399 e. The van der Waals surface area contributed by atoms with Gasteiger partial charge in [0.05, 0.1) is 10.7 Å². The van der Waals surface area contributed by atoms with Gasteiger partial charge in [0, 0.05) is 18.5 Å². The minimum atomic E-state index is -0.206. The number of hydrogen-bond donors (Lipinski definition) is 1. The third kappa shape index (κ3) is 1.88. The van der Waals surface area contributed by atoms with Crippen LogP contribution >= 0.6 is 11.6 Å². The lowest BCUT2D eigenvalue weighted by Crippen LogP contribution is -2.40. The van der Waals surface area contributed by atoms with Crippen molar-refractivity contribution in [1.29, 1.82) is 0 Å². The molecule has 2 N–H and O–H groups in total. The number of nitrogens with two attached hydrogens (primary N) is 1. The van der Waals surface area contributed by atoms with Crippen molar-refractivity contribution < 1.29 is 9.59 Å². The van der Waals surface area contributed by atoms with E-state index in [1.54, 1.807) is 12.1 Å². The molecule has 0 spiro atoms. The third-order valence-electron chi connectivity index (χ3n) is 2.49. The summed E-state index contributed by atoms with van der Waals surface area (Å²) < 4.78 is 0. The number of halogens is 1. The fourth-order valence-electron chi connectivity index (χ4n) is 1.73. The zero-order valence-corrected chi connectivity index (χ0v) is 9.33. The summed E-state index contributed by atoms with van der Waals surface area (Å²) in [6, 6.07) is 4.75. The second-order valence-corrected chi connectivity index (χ2v) is 4.09. The number of piperidine rings is 1. The van der Waals surface area contributed by atoms with Crippen LogP contribution < -0.4 is 10.6 Å². The monoisotopic (exact) mass is 238 g/mol. The Balaban J connectivity index is 2.42. The molecule has 5 heteroatoms. The average Bonchev–Trinajstić information content (AvgIpc) is 2.20. The van der Waals surface area contributed by atoms with E-state index < -0.39 is 0 Å². The number of anilines is 2. The summed E-state index contributed by atoms with van der Waals surface area (Å²) in [5.41, 5.74) is 6.48. The molecule has 1 fully saturated rings.